The molecule has 0 N–H and O–H groups in total. The van der Waals surface area contributed by atoms with Crippen molar-refractivity contribution in [2.75, 3.05) is 9.80 Å². The molecule has 0 radical (unpaired) electrons. The molecule has 11 aromatic carbocycles. The highest BCUT2D eigenvalue weighted by Crippen LogP contribution is 2.62. The number of rotatable bonds is 10. The third-order valence-corrected chi connectivity index (χ3v) is 17.8. The lowest BCUT2D eigenvalue weighted by molar-refractivity contribution is 0.649. The molecule has 0 saturated carbocycles. The van der Waals surface area contributed by atoms with Crippen molar-refractivity contribution in [1.82, 2.24) is 0 Å². The van der Waals surface area contributed by atoms with Gasteiger partial charge in [0.25, 0.3) is 0 Å². The molecule has 0 fully saturated rings. The van der Waals surface area contributed by atoms with E-state index >= 15 is 0 Å². The van der Waals surface area contributed by atoms with E-state index in [1.807, 2.05) is 12.2 Å². The lowest BCUT2D eigenvalue weighted by Crippen LogP contribution is -2.19. The molecule has 0 saturated heterocycles. The zero-order valence-electron chi connectivity index (χ0n) is 45.9. The summed E-state index contributed by atoms with van der Waals surface area (Å²) in [5.41, 5.74) is 25.8. The van der Waals surface area contributed by atoms with Crippen LogP contribution in [0.2, 0.25) is 0 Å². The van der Waals surface area contributed by atoms with Crippen molar-refractivity contribution in [3.63, 3.8) is 0 Å². The van der Waals surface area contributed by atoms with Gasteiger partial charge in [0.1, 0.15) is 0 Å². The molecule has 2 nitrogen and oxygen atoms in total. The van der Waals surface area contributed by atoms with Gasteiger partial charge in [0, 0.05) is 44.0 Å². The van der Waals surface area contributed by atoms with Crippen LogP contribution in [-0.2, 0) is 16.2 Å². The van der Waals surface area contributed by atoms with E-state index in [4.69, 9.17) is 0 Å². The number of hydrogen-bond donors (Lipinski definition) is 0. The van der Waals surface area contributed by atoms with Gasteiger partial charge in [-0.1, -0.05) is 230 Å². The van der Waals surface area contributed by atoms with Crippen LogP contribution >= 0.6 is 0 Å². The van der Waals surface area contributed by atoms with Crippen LogP contribution in [0.4, 0.5) is 28.4 Å². The van der Waals surface area contributed by atoms with Gasteiger partial charge in [0.2, 0.25) is 0 Å². The Balaban J connectivity index is 0.936. The van der Waals surface area contributed by atoms with Crippen molar-refractivity contribution >= 4 is 55.7 Å². The van der Waals surface area contributed by atoms with Gasteiger partial charge >= 0.3 is 0 Å². The normalized spacial score (nSPS) is 14.8. The van der Waals surface area contributed by atoms with Crippen LogP contribution in [0.5, 0.6) is 0 Å². The minimum atomic E-state index is -0.307. The van der Waals surface area contributed by atoms with Crippen LogP contribution < -0.4 is 9.80 Å². The Morgan fingerprint density at radius 2 is 0.772 bits per heavy atom. The fraction of sp³-hybridized carbons (Fsp3) is 0.117. The zero-order chi connectivity index (χ0) is 53.8. The fourth-order valence-corrected chi connectivity index (χ4v) is 13.8. The van der Waals surface area contributed by atoms with Gasteiger partial charge in [-0.25, -0.2) is 0 Å². The Bertz CT molecular complexity index is 4330. The van der Waals surface area contributed by atoms with E-state index in [2.05, 4.69) is 301 Å². The molecule has 0 aliphatic heterocycles. The summed E-state index contributed by atoms with van der Waals surface area (Å²) in [6.07, 6.45) is 8.17. The van der Waals surface area contributed by atoms with Gasteiger partial charge in [0.15, 0.2) is 0 Å². The molecule has 79 heavy (non-hydrogen) atoms. The van der Waals surface area contributed by atoms with Gasteiger partial charge in [0.05, 0.1) is 22.8 Å². The monoisotopic (exact) mass is 1010 g/mol. The number of para-hydroxylation sites is 3. The average molecular weight is 1020 g/mol. The van der Waals surface area contributed by atoms with Crippen molar-refractivity contribution in [3.8, 4) is 44.5 Å². The predicted octanol–water partition coefficient (Wildman–Crippen LogP) is 21.0. The van der Waals surface area contributed by atoms with Crippen LogP contribution in [-0.4, -0.2) is 0 Å². The molecule has 0 amide bonds. The average Bonchev–Trinajstić information content (AvgIpc) is 2.73. The van der Waals surface area contributed by atoms with E-state index in [0.717, 1.165) is 34.0 Å². The first kappa shape index (κ1) is 48.2. The molecular formula is C77H62N2. The first-order valence-electron chi connectivity index (χ1n) is 27.9. The Kier molecular flexibility index (Phi) is 11.1. The first-order valence-corrected chi connectivity index (χ1v) is 27.9. The van der Waals surface area contributed by atoms with Gasteiger partial charge in [-0.3, -0.25) is 0 Å². The van der Waals surface area contributed by atoms with Crippen molar-refractivity contribution in [1.29, 1.82) is 0 Å². The van der Waals surface area contributed by atoms with E-state index < -0.39 is 0 Å². The molecule has 0 bridgehead atoms. The summed E-state index contributed by atoms with van der Waals surface area (Å²) in [6, 6.07) is 85.8. The van der Waals surface area contributed by atoms with Crippen molar-refractivity contribution in [2.45, 2.75) is 57.8 Å². The second-order valence-electron chi connectivity index (χ2n) is 23.3. The number of fused-ring (bicyclic) bond motifs is 13. The molecule has 3 aliphatic carbocycles. The smallest absolute Gasteiger partial charge is 0.0543 e. The van der Waals surface area contributed by atoms with E-state index in [1.165, 1.54) is 105 Å². The Morgan fingerprint density at radius 1 is 0.354 bits per heavy atom. The third kappa shape index (κ3) is 7.31. The second-order valence-corrected chi connectivity index (χ2v) is 23.3. The highest BCUT2D eigenvalue weighted by atomic mass is 15.2. The maximum Gasteiger partial charge on any atom is 0.0543 e. The van der Waals surface area contributed by atoms with Gasteiger partial charge in [-0.15, -0.1) is 0 Å². The molecule has 14 rings (SSSR count). The summed E-state index contributed by atoms with van der Waals surface area (Å²) < 4.78 is 0. The zero-order valence-corrected chi connectivity index (χ0v) is 45.9. The van der Waals surface area contributed by atoms with E-state index in [-0.39, 0.29) is 16.2 Å². The lowest BCUT2D eigenvalue weighted by Gasteiger charge is -2.31. The first-order chi connectivity index (χ1) is 38.5. The summed E-state index contributed by atoms with van der Waals surface area (Å²) >= 11 is 0. The number of allylic oxidation sites excluding steroid dienone is 4. The van der Waals surface area contributed by atoms with E-state index in [0.29, 0.717) is 0 Å². The molecule has 0 heterocycles. The summed E-state index contributed by atoms with van der Waals surface area (Å²) in [6.45, 7) is 18.7. The Hall–Kier alpha value is -9.24. The van der Waals surface area contributed by atoms with Crippen LogP contribution in [0.1, 0.15) is 80.5 Å². The van der Waals surface area contributed by atoms with Gasteiger partial charge < -0.3 is 9.80 Å². The Morgan fingerprint density at radius 3 is 1.33 bits per heavy atom. The molecule has 0 unspecified atom stereocenters. The third-order valence-electron chi connectivity index (χ3n) is 17.8. The SMILES string of the molecule is C=C/C=C\C=C(/c1ccccc1)N(c1ccccc1)c1cc2c(c3ccccc13)-c1cc3c(cc1C2(C)C)-c1cc2c(cc1C3(C)C)-c1c(cc(N(c3ccccc3)c3ccccc3-c3ccccc3)c3ccccc13)C2(C)C. The van der Waals surface area contributed by atoms with E-state index in [9.17, 15) is 0 Å². The number of nitrogens with zero attached hydrogens (tertiary/aromatic N) is 2. The highest BCUT2D eigenvalue weighted by Gasteiger charge is 2.46. The summed E-state index contributed by atoms with van der Waals surface area (Å²) in [4.78, 5) is 4.95. The molecule has 0 aromatic heterocycles. The van der Waals surface area contributed by atoms with Crippen LogP contribution in [0.15, 0.2) is 261 Å². The number of benzene rings is 11. The maximum atomic E-state index is 4.00. The molecule has 0 atom stereocenters. The molecule has 2 heteroatoms. The fourth-order valence-electron chi connectivity index (χ4n) is 13.8. The molecular weight excluding hydrogens is 953 g/mol. The van der Waals surface area contributed by atoms with Crippen molar-refractivity contribution in [2.24, 2.45) is 0 Å². The highest BCUT2D eigenvalue weighted by molar-refractivity contribution is 6.13. The maximum absolute atomic E-state index is 4.00. The molecule has 3 aliphatic rings. The number of hydrogen-bond acceptors (Lipinski definition) is 2. The van der Waals surface area contributed by atoms with Crippen LogP contribution in [0, 0.1) is 0 Å². The van der Waals surface area contributed by atoms with Crippen molar-refractivity contribution in [3.05, 3.63) is 300 Å². The Labute approximate surface area is 465 Å². The molecule has 380 valence electrons. The largest absolute Gasteiger partial charge is 0.309 e. The summed E-state index contributed by atoms with van der Waals surface area (Å²) in [7, 11) is 0. The van der Waals surface area contributed by atoms with Gasteiger partial charge in [-0.05, 0) is 161 Å². The minimum Gasteiger partial charge on any atom is -0.309 e. The molecule has 11 aromatic rings. The molecule has 0 spiro atoms. The van der Waals surface area contributed by atoms with Crippen molar-refractivity contribution < 1.29 is 0 Å². The minimum absolute atomic E-state index is 0.260. The predicted molar refractivity (Wildman–Crippen MR) is 337 cm³/mol. The summed E-state index contributed by atoms with van der Waals surface area (Å²) in [5, 5.41) is 4.99. The standard InChI is InChI=1S/C77H62N2/c1-8-9-14-42-69(51-31-17-11-18-32-51)78(52-33-19-12-20-34-52)71-48-67-73(57-40-25-23-38-55(57)71)61-46-63-59(44-65(61)76(67,4)5)60-45-66-62(47-64(60)75(63,2)3)74-58-41-26-24-39-56(58)72(49-68(74)77(66,6)7)79(53-35-21-13-22-36-53)70-43-28-27-37-54(70)50-29-15-10-16-30-50/h8-49H,1H2,2-7H3/b14-9-,69-42+. The second kappa shape index (κ2) is 18.2. The topological polar surface area (TPSA) is 6.48 Å². The number of anilines is 5. The quantitative estimate of drug-likeness (QED) is 0.126. The lowest BCUT2D eigenvalue weighted by atomic mass is 9.78. The van der Waals surface area contributed by atoms with Crippen LogP contribution in [0.3, 0.4) is 0 Å². The summed E-state index contributed by atoms with van der Waals surface area (Å²) in [5.74, 6) is 0. The van der Waals surface area contributed by atoms with E-state index in [1.54, 1.807) is 0 Å². The van der Waals surface area contributed by atoms with Gasteiger partial charge in [-0.2, -0.15) is 0 Å². The van der Waals surface area contributed by atoms with Crippen LogP contribution in [0.25, 0.3) is 71.7 Å².